The number of aliphatic hydroxyl groups excluding tert-OH is 1. The van der Waals surface area contributed by atoms with Gasteiger partial charge in [0.25, 0.3) is 0 Å². The topological polar surface area (TPSA) is 85.1 Å². The van der Waals surface area contributed by atoms with E-state index in [-0.39, 0.29) is 6.10 Å². The molecule has 0 saturated carbocycles. The Morgan fingerprint density at radius 1 is 1.24 bits per heavy atom. The van der Waals surface area contributed by atoms with Crippen LogP contribution >= 0.6 is 11.3 Å². The lowest BCUT2D eigenvalue weighted by molar-refractivity contribution is 0.145. The Kier molecular flexibility index (Phi) is 4.22. The number of nitrogens with zero attached hydrogens (tertiary/aromatic N) is 4. The van der Waals surface area contributed by atoms with Crippen LogP contribution in [0.2, 0.25) is 0 Å². The molecule has 0 unspecified atom stereocenters. The molecular formula is C18H17N5OS. The molecule has 0 atom stereocenters. The highest BCUT2D eigenvalue weighted by Crippen LogP contribution is 2.29. The molecule has 1 fully saturated rings. The molecule has 2 N–H and O–H groups in total. The molecule has 0 radical (unpaired) electrons. The number of aromatic nitrogens is 2. The van der Waals surface area contributed by atoms with Crippen LogP contribution in [-0.4, -0.2) is 34.3 Å². The number of hydrogen-bond donors (Lipinski definition) is 2. The molecule has 3 aromatic rings. The van der Waals surface area contributed by atoms with Gasteiger partial charge >= 0.3 is 0 Å². The average molecular weight is 351 g/mol. The minimum absolute atomic E-state index is 0.184. The third-order valence-corrected chi connectivity index (χ3v) is 5.26. The first-order valence-electron chi connectivity index (χ1n) is 8.18. The number of nitrogens with one attached hydrogen (secondary N) is 1. The first-order valence-corrected chi connectivity index (χ1v) is 9.00. The summed E-state index contributed by atoms with van der Waals surface area (Å²) in [6.07, 6.45) is 3.19. The van der Waals surface area contributed by atoms with E-state index in [9.17, 15) is 5.11 Å². The van der Waals surface area contributed by atoms with E-state index in [0.29, 0.717) is 5.56 Å². The van der Waals surface area contributed by atoms with Gasteiger partial charge in [-0.15, -0.1) is 0 Å². The van der Waals surface area contributed by atoms with Crippen molar-refractivity contribution >= 4 is 38.2 Å². The number of pyridine rings is 1. The van der Waals surface area contributed by atoms with E-state index >= 15 is 0 Å². The summed E-state index contributed by atoms with van der Waals surface area (Å²) in [6.45, 7) is 1.70. The summed E-state index contributed by atoms with van der Waals surface area (Å²) in [5.74, 6) is 0.739. The van der Waals surface area contributed by atoms with Crippen LogP contribution in [0.3, 0.4) is 0 Å². The van der Waals surface area contributed by atoms with Crippen LogP contribution in [0.15, 0.2) is 36.5 Å². The van der Waals surface area contributed by atoms with Gasteiger partial charge in [-0.3, -0.25) is 0 Å². The molecule has 3 heterocycles. The molecule has 126 valence electrons. The molecule has 1 aliphatic heterocycles. The zero-order valence-corrected chi connectivity index (χ0v) is 14.3. The van der Waals surface area contributed by atoms with Crippen molar-refractivity contribution in [2.45, 2.75) is 18.9 Å². The maximum absolute atomic E-state index is 9.65. The fourth-order valence-corrected chi connectivity index (χ4v) is 3.88. The second-order valence-electron chi connectivity index (χ2n) is 6.06. The fourth-order valence-electron chi connectivity index (χ4n) is 2.97. The second-order valence-corrected chi connectivity index (χ2v) is 7.09. The van der Waals surface area contributed by atoms with E-state index in [4.69, 9.17) is 5.26 Å². The van der Waals surface area contributed by atoms with E-state index in [0.717, 1.165) is 52.8 Å². The van der Waals surface area contributed by atoms with Gasteiger partial charge in [-0.1, -0.05) is 11.3 Å². The molecule has 4 rings (SSSR count). The normalized spacial score (nSPS) is 15.3. The summed E-state index contributed by atoms with van der Waals surface area (Å²) in [4.78, 5) is 11.2. The Morgan fingerprint density at radius 3 is 2.88 bits per heavy atom. The molecule has 1 aromatic carbocycles. The minimum Gasteiger partial charge on any atom is -0.393 e. The first kappa shape index (κ1) is 15.8. The predicted molar refractivity (Wildman–Crippen MR) is 99.3 cm³/mol. The van der Waals surface area contributed by atoms with Crippen molar-refractivity contribution in [3.05, 3.63) is 42.1 Å². The molecule has 0 spiro atoms. The van der Waals surface area contributed by atoms with E-state index in [2.05, 4.69) is 26.3 Å². The molecule has 0 bridgehead atoms. The van der Waals surface area contributed by atoms with Crippen molar-refractivity contribution in [3.63, 3.8) is 0 Å². The standard InChI is InChI=1S/C18H17N5OS/c19-11-12-1-2-15-16(9-12)25-18(21-15)22-17-10-13(3-6-20-17)23-7-4-14(24)5-8-23/h1-3,6,9-10,14,24H,4-5,7-8H2,(H,20,21,22). The van der Waals surface area contributed by atoms with Crippen LogP contribution < -0.4 is 10.2 Å². The number of fused-ring (bicyclic) bond motifs is 1. The highest BCUT2D eigenvalue weighted by atomic mass is 32.1. The van der Waals surface area contributed by atoms with Gasteiger partial charge in [-0.2, -0.15) is 5.26 Å². The van der Waals surface area contributed by atoms with Crippen molar-refractivity contribution in [2.24, 2.45) is 0 Å². The summed E-state index contributed by atoms with van der Waals surface area (Å²) in [5, 5.41) is 22.7. The zero-order valence-electron chi connectivity index (χ0n) is 13.5. The number of aliphatic hydroxyl groups is 1. The summed E-state index contributed by atoms with van der Waals surface area (Å²) in [7, 11) is 0. The maximum atomic E-state index is 9.65. The summed E-state index contributed by atoms with van der Waals surface area (Å²) in [6, 6.07) is 11.6. The van der Waals surface area contributed by atoms with Crippen LogP contribution in [-0.2, 0) is 0 Å². The van der Waals surface area contributed by atoms with Crippen LogP contribution in [0.1, 0.15) is 18.4 Å². The van der Waals surface area contributed by atoms with E-state index in [1.807, 2.05) is 24.3 Å². The molecule has 1 aliphatic rings. The molecule has 6 nitrogen and oxygen atoms in total. The van der Waals surface area contributed by atoms with E-state index < -0.39 is 0 Å². The quantitative estimate of drug-likeness (QED) is 0.753. The Labute approximate surface area is 149 Å². The second kappa shape index (κ2) is 6.67. The van der Waals surface area contributed by atoms with Gasteiger partial charge in [0, 0.05) is 31.0 Å². The van der Waals surface area contributed by atoms with E-state index in [1.165, 1.54) is 11.3 Å². The molecule has 0 amide bonds. The lowest BCUT2D eigenvalue weighted by atomic mass is 10.1. The van der Waals surface area contributed by atoms with Gasteiger partial charge in [-0.05, 0) is 37.1 Å². The monoisotopic (exact) mass is 351 g/mol. The largest absolute Gasteiger partial charge is 0.393 e. The van der Waals surface area contributed by atoms with Crippen LogP contribution in [0, 0.1) is 11.3 Å². The van der Waals surface area contributed by atoms with Crippen LogP contribution in [0.5, 0.6) is 0 Å². The highest BCUT2D eigenvalue weighted by Gasteiger charge is 2.17. The van der Waals surface area contributed by atoms with Crippen molar-refractivity contribution in [1.29, 1.82) is 5.26 Å². The minimum atomic E-state index is -0.184. The number of nitriles is 1. The number of rotatable bonds is 3. The molecule has 7 heteroatoms. The predicted octanol–water partition coefficient (Wildman–Crippen LogP) is 3.27. The van der Waals surface area contributed by atoms with Gasteiger partial charge in [0.2, 0.25) is 0 Å². The number of benzene rings is 1. The molecular weight excluding hydrogens is 334 g/mol. The number of hydrogen-bond acceptors (Lipinski definition) is 7. The van der Waals surface area contributed by atoms with Crippen molar-refractivity contribution < 1.29 is 5.11 Å². The van der Waals surface area contributed by atoms with Crippen molar-refractivity contribution in [1.82, 2.24) is 9.97 Å². The number of thiazole rings is 1. The van der Waals surface area contributed by atoms with Crippen LogP contribution in [0.4, 0.5) is 16.6 Å². The van der Waals surface area contributed by atoms with Gasteiger partial charge < -0.3 is 15.3 Å². The van der Waals surface area contributed by atoms with E-state index in [1.54, 1.807) is 12.3 Å². The molecule has 2 aromatic heterocycles. The molecule has 25 heavy (non-hydrogen) atoms. The third-order valence-electron chi connectivity index (χ3n) is 4.33. The van der Waals surface area contributed by atoms with Gasteiger partial charge in [0.05, 0.1) is 28.0 Å². The summed E-state index contributed by atoms with van der Waals surface area (Å²) in [5.41, 5.74) is 2.60. The maximum Gasteiger partial charge on any atom is 0.189 e. The average Bonchev–Trinajstić information content (AvgIpc) is 3.03. The Hall–Kier alpha value is -2.69. The molecule has 1 saturated heterocycles. The highest BCUT2D eigenvalue weighted by molar-refractivity contribution is 7.22. The number of anilines is 3. The summed E-state index contributed by atoms with van der Waals surface area (Å²) >= 11 is 1.50. The Balaban J connectivity index is 1.55. The lowest BCUT2D eigenvalue weighted by Crippen LogP contribution is -2.35. The zero-order chi connectivity index (χ0) is 17.2. The van der Waals surface area contributed by atoms with Crippen LogP contribution in [0.25, 0.3) is 10.2 Å². The van der Waals surface area contributed by atoms with Gasteiger partial charge in [-0.25, -0.2) is 9.97 Å². The van der Waals surface area contributed by atoms with Crippen molar-refractivity contribution in [3.8, 4) is 6.07 Å². The Morgan fingerprint density at radius 2 is 2.08 bits per heavy atom. The van der Waals surface area contributed by atoms with Crippen molar-refractivity contribution in [2.75, 3.05) is 23.3 Å². The lowest BCUT2D eigenvalue weighted by Gasteiger charge is -2.31. The molecule has 0 aliphatic carbocycles. The number of piperidine rings is 1. The first-order chi connectivity index (χ1) is 12.2. The fraction of sp³-hybridized carbons (Fsp3) is 0.278. The van der Waals surface area contributed by atoms with Gasteiger partial charge in [0.15, 0.2) is 5.13 Å². The Bertz CT molecular complexity index is 940. The SMILES string of the molecule is N#Cc1ccc2nc(Nc3cc(N4CCC(O)CC4)ccn3)sc2c1. The summed E-state index contributed by atoms with van der Waals surface area (Å²) < 4.78 is 0.975. The smallest absolute Gasteiger partial charge is 0.189 e. The van der Waals surface area contributed by atoms with Gasteiger partial charge in [0.1, 0.15) is 5.82 Å². The third kappa shape index (κ3) is 3.40.